The first-order valence-electron chi connectivity index (χ1n) is 9.49. The lowest BCUT2D eigenvalue weighted by Gasteiger charge is -2.35. The molecule has 1 aliphatic heterocycles. The highest BCUT2D eigenvalue weighted by Gasteiger charge is 2.31. The maximum Gasteiger partial charge on any atom is 0.409 e. The number of amides is 2. The second kappa shape index (κ2) is 11.2. The average molecular weight is 392 g/mol. The number of alkyl carbamates (subject to hydrolysis) is 1. The van der Waals surface area contributed by atoms with E-state index in [0.717, 1.165) is 5.56 Å². The van der Waals surface area contributed by atoms with E-state index in [9.17, 15) is 14.4 Å². The number of carbonyl (C=O) groups is 3. The highest BCUT2D eigenvalue weighted by atomic mass is 16.6. The highest BCUT2D eigenvalue weighted by molar-refractivity contribution is 5.72. The summed E-state index contributed by atoms with van der Waals surface area (Å²) in [6.07, 6.45) is 0.450. The molecule has 0 aliphatic carbocycles. The quantitative estimate of drug-likeness (QED) is 0.566. The molecule has 2 rings (SSSR count). The Morgan fingerprint density at radius 2 is 1.82 bits per heavy atom. The zero-order valence-corrected chi connectivity index (χ0v) is 16.4. The fraction of sp³-hybridized carbons (Fsp3) is 0.550. The van der Waals surface area contributed by atoms with Gasteiger partial charge in [0.05, 0.1) is 20.1 Å². The highest BCUT2D eigenvalue weighted by Crippen LogP contribution is 2.23. The fourth-order valence-corrected chi connectivity index (χ4v) is 3.21. The van der Waals surface area contributed by atoms with Crippen LogP contribution in [0, 0.1) is 5.92 Å². The van der Waals surface area contributed by atoms with Crippen molar-refractivity contribution < 1.29 is 28.6 Å². The minimum Gasteiger partial charge on any atom is -0.469 e. The van der Waals surface area contributed by atoms with Gasteiger partial charge in [-0.05, 0) is 31.2 Å². The molecule has 1 N–H and O–H groups in total. The van der Waals surface area contributed by atoms with E-state index in [4.69, 9.17) is 14.2 Å². The van der Waals surface area contributed by atoms with E-state index < -0.39 is 18.1 Å². The van der Waals surface area contributed by atoms with Crippen LogP contribution in [0.1, 0.15) is 31.7 Å². The summed E-state index contributed by atoms with van der Waals surface area (Å²) in [6, 6.07) is 8.94. The van der Waals surface area contributed by atoms with Crippen molar-refractivity contribution in [2.24, 2.45) is 5.92 Å². The first-order valence-corrected chi connectivity index (χ1v) is 9.49. The van der Waals surface area contributed by atoms with Crippen LogP contribution in [0.25, 0.3) is 0 Å². The predicted molar refractivity (Wildman–Crippen MR) is 102 cm³/mol. The molecule has 1 fully saturated rings. The summed E-state index contributed by atoms with van der Waals surface area (Å²) < 4.78 is 15.0. The van der Waals surface area contributed by atoms with Gasteiger partial charge < -0.3 is 24.4 Å². The molecule has 28 heavy (non-hydrogen) atoms. The zero-order chi connectivity index (χ0) is 20.4. The maximum absolute atomic E-state index is 12.2. The third-order valence-corrected chi connectivity index (χ3v) is 4.76. The van der Waals surface area contributed by atoms with E-state index in [2.05, 4.69) is 5.32 Å². The van der Waals surface area contributed by atoms with Crippen LogP contribution in [-0.4, -0.2) is 55.9 Å². The molecule has 8 nitrogen and oxygen atoms in total. The number of methoxy groups -OCH3 is 1. The van der Waals surface area contributed by atoms with E-state index in [-0.39, 0.29) is 25.0 Å². The number of nitrogens with zero attached hydrogens (tertiary/aromatic N) is 1. The minimum atomic E-state index is -0.578. The summed E-state index contributed by atoms with van der Waals surface area (Å²) in [5.74, 6) is -0.366. The SMILES string of the molecule is CCOC(=O)N1CCC(C(CC(=O)OC)NC(=O)OCc2ccccc2)CC1. The van der Waals surface area contributed by atoms with Crippen LogP contribution >= 0.6 is 0 Å². The van der Waals surface area contributed by atoms with Gasteiger partial charge in [-0.2, -0.15) is 0 Å². The molecule has 1 atom stereocenters. The molecule has 0 bridgehead atoms. The number of hydrogen-bond donors (Lipinski definition) is 1. The lowest BCUT2D eigenvalue weighted by molar-refractivity contribution is -0.141. The number of esters is 1. The van der Waals surface area contributed by atoms with Gasteiger partial charge in [0, 0.05) is 19.1 Å². The number of carbonyl (C=O) groups excluding carboxylic acids is 3. The molecule has 1 aromatic rings. The normalized spacial score (nSPS) is 15.4. The first kappa shape index (κ1) is 21.5. The van der Waals surface area contributed by atoms with Gasteiger partial charge in [-0.3, -0.25) is 4.79 Å². The van der Waals surface area contributed by atoms with Crippen LogP contribution in [0.2, 0.25) is 0 Å². The lowest BCUT2D eigenvalue weighted by atomic mass is 9.87. The van der Waals surface area contributed by atoms with E-state index in [1.807, 2.05) is 30.3 Å². The molecular weight excluding hydrogens is 364 g/mol. The minimum absolute atomic E-state index is 0.0362. The molecule has 1 saturated heterocycles. The van der Waals surface area contributed by atoms with Gasteiger partial charge >= 0.3 is 18.2 Å². The van der Waals surface area contributed by atoms with Gasteiger partial charge in [0.1, 0.15) is 6.61 Å². The number of benzene rings is 1. The van der Waals surface area contributed by atoms with Crippen molar-refractivity contribution in [2.75, 3.05) is 26.8 Å². The molecule has 8 heteroatoms. The predicted octanol–water partition coefficient (Wildman–Crippen LogP) is 2.71. The van der Waals surface area contributed by atoms with Gasteiger partial charge in [0.25, 0.3) is 0 Å². The number of hydrogen-bond acceptors (Lipinski definition) is 6. The third kappa shape index (κ3) is 6.75. The van der Waals surface area contributed by atoms with Crippen molar-refractivity contribution in [3.05, 3.63) is 35.9 Å². The van der Waals surface area contributed by atoms with E-state index in [0.29, 0.717) is 32.5 Å². The van der Waals surface area contributed by atoms with Crippen LogP contribution < -0.4 is 5.32 Å². The Morgan fingerprint density at radius 1 is 1.14 bits per heavy atom. The van der Waals surface area contributed by atoms with E-state index in [1.54, 1.807) is 11.8 Å². The van der Waals surface area contributed by atoms with Gasteiger partial charge in [-0.25, -0.2) is 9.59 Å². The van der Waals surface area contributed by atoms with Gasteiger partial charge in [-0.1, -0.05) is 30.3 Å². The Morgan fingerprint density at radius 3 is 2.43 bits per heavy atom. The summed E-state index contributed by atoms with van der Waals surface area (Å²) >= 11 is 0. The number of ether oxygens (including phenoxy) is 3. The molecule has 0 spiro atoms. The summed E-state index contributed by atoms with van der Waals surface area (Å²) in [5.41, 5.74) is 0.880. The van der Waals surface area contributed by atoms with Crippen molar-refractivity contribution in [3.63, 3.8) is 0 Å². The van der Waals surface area contributed by atoms with Gasteiger partial charge in [-0.15, -0.1) is 0 Å². The standard InChI is InChI=1S/C20H28N2O6/c1-3-27-20(25)22-11-9-16(10-12-22)17(13-18(23)26-2)21-19(24)28-14-15-7-5-4-6-8-15/h4-8,16-17H,3,9-14H2,1-2H3,(H,21,24). The number of likely N-dealkylation sites (tertiary alicyclic amines) is 1. The van der Waals surface area contributed by atoms with Crippen LogP contribution in [0.4, 0.5) is 9.59 Å². The number of nitrogens with one attached hydrogen (secondary N) is 1. The molecule has 1 aromatic carbocycles. The van der Waals surface area contributed by atoms with Crippen molar-refractivity contribution in [1.29, 1.82) is 0 Å². The lowest BCUT2D eigenvalue weighted by Crippen LogP contribution is -2.47. The van der Waals surface area contributed by atoms with Crippen LogP contribution in [0.3, 0.4) is 0 Å². The maximum atomic E-state index is 12.2. The molecule has 0 saturated carbocycles. The Hall–Kier alpha value is -2.77. The van der Waals surface area contributed by atoms with Crippen molar-refractivity contribution >= 4 is 18.2 Å². The third-order valence-electron chi connectivity index (χ3n) is 4.76. The number of piperidine rings is 1. The van der Waals surface area contributed by atoms with Crippen molar-refractivity contribution in [1.82, 2.24) is 10.2 Å². The van der Waals surface area contributed by atoms with Crippen molar-refractivity contribution in [2.45, 2.75) is 38.8 Å². The Bertz CT molecular complexity index is 643. The second-order valence-electron chi connectivity index (χ2n) is 6.62. The Balaban J connectivity index is 1.89. The van der Waals surface area contributed by atoms with Crippen LogP contribution in [-0.2, 0) is 25.6 Å². The molecule has 0 aromatic heterocycles. The largest absolute Gasteiger partial charge is 0.469 e. The smallest absolute Gasteiger partial charge is 0.409 e. The summed E-state index contributed by atoms with van der Waals surface area (Å²) in [6.45, 7) is 3.28. The summed E-state index contributed by atoms with van der Waals surface area (Å²) in [4.78, 5) is 37.5. The molecule has 154 valence electrons. The van der Waals surface area contributed by atoms with Crippen LogP contribution in [0.5, 0.6) is 0 Å². The van der Waals surface area contributed by atoms with Gasteiger partial charge in [0.2, 0.25) is 0 Å². The van der Waals surface area contributed by atoms with Gasteiger partial charge in [0.15, 0.2) is 0 Å². The zero-order valence-electron chi connectivity index (χ0n) is 16.4. The molecule has 1 unspecified atom stereocenters. The topological polar surface area (TPSA) is 94.2 Å². The molecular formula is C20H28N2O6. The summed E-state index contributed by atoms with van der Waals surface area (Å²) in [7, 11) is 1.32. The molecule has 0 radical (unpaired) electrons. The Kier molecular flexibility index (Phi) is 8.58. The van der Waals surface area contributed by atoms with E-state index >= 15 is 0 Å². The van der Waals surface area contributed by atoms with E-state index in [1.165, 1.54) is 7.11 Å². The van der Waals surface area contributed by atoms with Crippen LogP contribution in [0.15, 0.2) is 30.3 Å². The monoisotopic (exact) mass is 392 g/mol. The fourth-order valence-electron chi connectivity index (χ4n) is 3.21. The average Bonchev–Trinajstić information content (AvgIpc) is 2.72. The molecule has 1 heterocycles. The second-order valence-corrected chi connectivity index (χ2v) is 6.62. The number of rotatable bonds is 7. The summed E-state index contributed by atoms with van der Waals surface area (Å²) in [5, 5.41) is 2.79. The molecule has 2 amide bonds. The Labute approximate surface area is 165 Å². The van der Waals surface area contributed by atoms with Crippen molar-refractivity contribution in [3.8, 4) is 0 Å². The first-order chi connectivity index (χ1) is 13.5. The molecule has 1 aliphatic rings.